The van der Waals surface area contributed by atoms with E-state index < -0.39 is 0 Å². The van der Waals surface area contributed by atoms with Gasteiger partial charge in [-0.05, 0) is 19.4 Å². The van der Waals surface area contributed by atoms with Crippen LogP contribution in [-0.4, -0.2) is 34.3 Å². The Morgan fingerprint density at radius 1 is 1.33 bits per heavy atom. The predicted molar refractivity (Wildman–Crippen MR) is 71.9 cm³/mol. The van der Waals surface area contributed by atoms with Crippen molar-refractivity contribution in [2.24, 2.45) is 5.92 Å². The quantitative estimate of drug-likeness (QED) is 0.606. The summed E-state index contributed by atoms with van der Waals surface area (Å²) in [5, 5.41) is 11.5. The summed E-state index contributed by atoms with van der Waals surface area (Å²) >= 11 is 1.46. The fourth-order valence-corrected chi connectivity index (χ4v) is 2.15. The van der Waals surface area contributed by atoms with Crippen LogP contribution in [0.5, 0.6) is 0 Å². The van der Waals surface area contributed by atoms with Gasteiger partial charge in [0.2, 0.25) is 5.78 Å². The summed E-state index contributed by atoms with van der Waals surface area (Å²) < 4.78 is 5.37. The second-order valence-electron chi connectivity index (χ2n) is 4.87. The molecule has 0 amide bonds. The van der Waals surface area contributed by atoms with Crippen LogP contribution >= 0.6 is 11.8 Å². The number of Topliss-reactive ketones (excluding diaryl/α,β-unsaturated/α-hetero) is 1. The van der Waals surface area contributed by atoms with Gasteiger partial charge in [-0.15, -0.1) is 10.2 Å². The first-order chi connectivity index (χ1) is 8.43. The zero-order chi connectivity index (χ0) is 13.7. The number of nitrogens with zero attached hydrogens (tertiary/aromatic N) is 2. The van der Waals surface area contributed by atoms with Gasteiger partial charge in [-0.25, -0.2) is 0 Å². The highest BCUT2D eigenvalue weighted by molar-refractivity contribution is 7.99. The lowest BCUT2D eigenvalue weighted by atomic mass is 10.0. The number of aromatic nitrogens is 2. The molecule has 0 aromatic carbocycles. The molecule has 0 aliphatic rings. The van der Waals surface area contributed by atoms with Crippen molar-refractivity contribution in [3.05, 3.63) is 5.89 Å². The SMILES string of the molecule is CN[C@@H](CC(C)C)C(=O)c1nnc(SC(C)C)o1. The first-order valence-electron chi connectivity index (χ1n) is 6.15. The molecule has 0 unspecified atom stereocenters. The highest BCUT2D eigenvalue weighted by Gasteiger charge is 2.24. The molecule has 0 aliphatic heterocycles. The largest absolute Gasteiger partial charge is 0.408 e. The third kappa shape index (κ3) is 4.42. The van der Waals surface area contributed by atoms with Crippen LogP contribution in [-0.2, 0) is 0 Å². The molecule has 1 heterocycles. The topological polar surface area (TPSA) is 68.0 Å². The van der Waals surface area contributed by atoms with Crippen molar-refractivity contribution in [1.82, 2.24) is 15.5 Å². The fourth-order valence-electron chi connectivity index (χ4n) is 1.54. The third-order valence-corrected chi connectivity index (χ3v) is 3.16. The van der Waals surface area contributed by atoms with Crippen molar-refractivity contribution in [3.8, 4) is 0 Å². The second kappa shape index (κ2) is 6.89. The van der Waals surface area contributed by atoms with E-state index in [-0.39, 0.29) is 17.7 Å². The lowest BCUT2D eigenvalue weighted by molar-refractivity contribution is 0.0895. The highest BCUT2D eigenvalue weighted by atomic mass is 32.2. The normalized spacial score (nSPS) is 13.3. The number of carbonyl (C=O) groups excluding carboxylic acids is 1. The van der Waals surface area contributed by atoms with Gasteiger partial charge in [0.25, 0.3) is 11.1 Å². The molecule has 0 saturated carbocycles. The molecule has 1 aromatic heterocycles. The van der Waals surface area contributed by atoms with Crippen LogP contribution in [0.15, 0.2) is 9.64 Å². The van der Waals surface area contributed by atoms with Crippen molar-refractivity contribution in [3.63, 3.8) is 0 Å². The van der Waals surface area contributed by atoms with Crippen molar-refractivity contribution >= 4 is 17.5 Å². The van der Waals surface area contributed by atoms with Crippen LogP contribution in [0.1, 0.15) is 44.8 Å². The van der Waals surface area contributed by atoms with E-state index in [2.05, 4.69) is 29.4 Å². The van der Waals surface area contributed by atoms with Gasteiger partial charge in [0.15, 0.2) is 0 Å². The summed E-state index contributed by atoms with van der Waals surface area (Å²) in [6.07, 6.45) is 0.754. The zero-order valence-electron chi connectivity index (χ0n) is 11.6. The minimum atomic E-state index is -0.262. The van der Waals surface area contributed by atoms with Gasteiger partial charge >= 0.3 is 0 Å². The van der Waals surface area contributed by atoms with Crippen molar-refractivity contribution in [2.45, 2.75) is 50.6 Å². The maximum Gasteiger partial charge on any atom is 0.286 e. The van der Waals surface area contributed by atoms with Gasteiger partial charge in [-0.3, -0.25) is 4.79 Å². The molecule has 1 aromatic rings. The van der Waals surface area contributed by atoms with Crippen molar-refractivity contribution in [2.75, 3.05) is 7.05 Å². The molecular weight excluding hydrogens is 250 g/mol. The van der Waals surface area contributed by atoms with Crippen LogP contribution in [0.25, 0.3) is 0 Å². The van der Waals surface area contributed by atoms with Crippen molar-refractivity contribution in [1.29, 1.82) is 0 Å². The second-order valence-corrected chi connectivity index (χ2v) is 6.40. The number of rotatable bonds is 7. The van der Waals surface area contributed by atoms with E-state index in [0.29, 0.717) is 16.4 Å². The fraction of sp³-hybridized carbons (Fsp3) is 0.750. The summed E-state index contributed by atoms with van der Waals surface area (Å²) in [5.41, 5.74) is 0. The van der Waals surface area contributed by atoms with Crippen LogP contribution in [0.4, 0.5) is 0 Å². The van der Waals surface area contributed by atoms with E-state index >= 15 is 0 Å². The number of ketones is 1. The van der Waals surface area contributed by atoms with Gasteiger partial charge in [-0.2, -0.15) is 0 Å². The number of nitrogens with one attached hydrogen (secondary N) is 1. The number of likely N-dealkylation sites (N-methyl/N-ethyl adjacent to an activating group) is 1. The van der Waals surface area contributed by atoms with E-state index in [0.717, 1.165) is 6.42 Å². The monoisotopic (exact) mass is 271 g/mol. The van der Waals surface area contributed by atoms with Crippen LogP contribution in [0, 0.1) is 5.92 Å². The maximum atomic E-state index is 12.1. The van der Waals surface area contributed by atoms with E-state index in [9.17, 15) is 4.79 Å². The van der Waals surface area contributed by atoms with Crippen LogP contribution < -0.4 is 5.32 Å². The number of thioether (sulfide) groups is 1. The summed E-state index contributed by atoms with van der Waals surface area (Å²) in [4.78, 5) is 12.1. The Bertz CT molecular complexity index is 390. The molecule has 6 heteroatoms. The number of hydrogen-bond acceptors (Lipinski definition) is 6. The summed E-state index contributed by atoms with van der Waals surface area (Å²) in [7, 11) is 1.77. The molecule has 5 nitrogen and oxygen atoms in total. The summed E-state index contributed by atoms with van der Waals surface area (Å²) in [5.74, 6) is 0.395. The molecular formula is C12H21N3O2S. The average Bonchev–Trinajstić information content (AvgIpc) is 2.72. The highest BCUT2D eigenvalue weighted by Crippen LogP contribution is 2.21. The molecule has 1 N–H and O–H groups in total. The van der Waals surface area contributed by atoms with E-state index in [4.69, 9.17) is 4.42 Å². The standard InChI is InChI=1S/C12H21N3O2S/c1-7(2)6-9(13-5)10(16)11-14-15-12(17-11)18-8(3)4/h7-9,13H,6H2,1-5H3/t9-/m0/s1. The van der Waals surface area contributed by atoms with Gasteiger partial charge in [-0.1, -0.05) is 39.5 Å². The molecule has 1 rings (SSSR count). The van der Waals surface area contributed by atoms with Gasteiger partial charge in [0, 0.05) is 5.25 Å². The molecule has 18 heavy (non-hydrogen) atoms. The Morgan fingerprint density at radius 2 is 2.00 bits per heavy atom. The maximum absolute atomic E-state index is 12.1. The van der Waals surface area contributed by atoms with Gasteiger partial charge < -0.3 is 9.73 Å². The Kier molecular flexibility index (Phi) is 5.81. The molecule has 0 radical (unpaired) electrons. The summed E-state index contributed by atoms with van der Waals surface area (Å²) in [6, 6.07) is -0.262. The Balaban J connectivity index is 2.73. The Morgan fingerprint density at radius 3 is 2.50 bits per heavy atom. The minimum Gasteiger partial charge on any atom is -0.408 e. The number of carbonyl (C=O) groups is 1. The first kappa shape index (κ1) is 15.2. The van der Waals surface area contributed by atoms with Crippen LogP contribution in [0.3, 0.4) is 0 Å². The number of hydrogen-bond donors (Lipinski definition) is 1. The molecule has 0 aliphatic carbocycles. The predicted octanol–water partition coefficient (Wildman–Crippen LogP) is 2.39. The van der Waals surface area contributed by atoms with E-state index in [1.54, 1.807) is 7.05 Å². The molecule has 0 fully saturated rings. The lowest BCUT2D eigenvalue weighted by Crippen LogP contribution is -2.35. The molecule has 0 saturated heterocycles. The van der Waals surface area contributed by atoms with Crippen LogP contribution in [0.2, 0.25) is 0 Å². The van der Waals surface area contributed by atoms with Gasteiger partial charge in [0.05, 0.1) is 6.04 Å². The van der Waals surface area contributed by atoms with Gasteiger partial charge in [0.1, 0.15) is 0 Å². The summed E-state index contributed by atoms with van der Waals surface area (Å²) in [6.45, 7) is 8.22. The Labute approximate surface area is 112 Å². The third-order valence-electron chi connectivity index (χ3n) is 2.33. The molecule has 0 spiro atoms. The molecule has 0 bridgehead atoms. The Hall–Kier alpha value is -0.880. The average molecular weight is 271 g/mol. The minimum absolute atomic E-state index is 0.0955. The smallest absolute Gasteiger partial charge is 0.286 e. The first-order valence-corrected chi connectivity index (χ1v) is 7.03. The van der Waals surface area contributed by atoms with Crippen molar-refractivity contribution < 1.29 is 9.21 Å². The molecule has 1 atom stereocenters. The lowest BCUT2D eigenvalue weighted by Gasteiger charge is -2.14. The van der Waals surface area contributed by atoms with E-state index in [1.165, 1.54) is 11.8 Å². The molecule has 102 valence electrons. The van der Waals surface area contributed by atoms with E-state index in [1.807, 2.05) is 13.8 Å². The zero-order valence-corrected chi connectivity index (χ0v) is 12.4.